The maximum atomic E-state index is 12.5. The number of aliphatic hydroxyl groups excluding tert-OH is 1. The molecule has 0 spiro atoms. The molecule has 0 unspecified atom stereocenters. The average Bonchev–Trinajstić information content (AvgIpc) is 2.42. The number of halogens is 3. The van der Waals surface area contributed by atoms with Gasteiger partial charge in [-0.05, 0) is 18.2 Å². The van der Waals surface area contributed by atoms with Crippen molar-refractivity contribution in [2.24, 2.45) is 0 Å². The lowest BCUT2D eigenvalue weighted by Crippen LogP contribution is -2.30. The lowest BCUT2D eigenvalue weighted by Gasteiger charge is -2.13. The number of benzene rings is 1. The molecule has 0 radical (unpaired) electrons. The summed E-state index contributed by atoms with van der Waals surface area (Å²) in [6.45, 7) is -0.440. The number of rotatable bonds is 6. The Morgan fingerprint density at radius 2 is 2.00 bits per heavy atom. The van der Waals surface area contributed by atoms with E-state index in [-0.39, 0.29) is 24.3 Å². The first-order chi connectivity index (χ1) is 9.38. The number of alkyl halides is 3. The Morgan fingerprint density at radius 1 is 1.30 bits per heavy atom. The minimum Gasteiger partial charge on any atom is -0.387 e. The van der Waals surface area contributed by atoms with Gasteiger partial charge in [0, 0.05) is 24.3 Å². The minimum atomic E-state index is -4.50. The molecule has 8 heteroatoms. The first kappa shape index (κ1) is 16.0. The number of nitrogens with one attached hydrogen (secondary N) is 2. The molecule has 1 aromatic carbocycles. The van der Waals surface area contributed by atoms with E-state index < -0.39 is 24.3 Å². The molecule has 0 aromatic heterocycles. The van der Waals surface area contributed by atoms with Crippen LogP contribution in [0.3, 0.4) is 0 Å². The second kappa shape index (κ2) is 6.90. The van der Waals surface area contributed by atoms with E-state index in [0.29, 0.717) is 6.29 Å². The summed E-state index contributed by atoms with van der Waals surface area (Å²) in [5.74, 6) is -0.591. The monoisotopic (exact) mass is 290 g/mol. The average molecular weight is 290 g/mol. The highest BCUT2D eigenvalue weighted by molar-refractivity contribution is 5.84. The van der Waals surface area contributed by atoms with Gasteiger partial charge in [0.05, 0.1) is 5.56 Å². The van der Waals surface area contributed by atoms with Crippen LogP contribution in [0.1, 0.15) is 15.9 Å². The Hall–Kier alpha value is -2.09. The van der Waals surface area contributed by atoms with Crippen molar-refractivity contribution in [2.75, 3.05) is 25.0 Å². The molecule has 5 nitrogen and oxygen atoms in total. The van der Waals surface area contributed by atoms with Crippen LogP contribution in [0.5, 0.6) is 0 Å². The van der Waals surface area contributed by atoms with Gasteiger partial charge in [-0.15, -0.1) is 0 Å². The molecule has 3 N–H and O–H groups in total. The van der Waals surface area contributed by atoms with Crippen molar-refractivity contribution in [2.45, 2.75) is 6.18 Å². The van der Waals surface area contributed by atoms with Gasteiger partial charge in [0.15, 0.2) is 6.29 Å². The van der Waals surface area contributed by atoms with Crippen molar-refractivity contribution < 1.29 is 27.9 Å². The Bertz CT molecular complexity index is 489. The van der Waals surface area contributed by atoms with E-state index in [1.165, 1.54) is 0 Å². The predicted molar refractivity (Wildman–Crippen MR) is 65.4 cm³/mol. The SMILES string of the molecule is O=Cc1ccc(C(F)(F)F)cc1NCCNC(=O)CO. The van der Waals surface area contributed by atoms with Gasteiger partial charge in [-0.1, -0.05) is 0 Å². The zero-order valence-corrected chi connectivity index (χ0v) is 10.3. The van der Waals surface area contributed by atoms with Crippen molar-refractivity contribution in [3.05, 3.63) is 29.3 Å². The van der Waals surface area contributed by atoms with Crippen LogP contribution in [0.4, 0.5) is 18.9 Å². The molecule has 0 atom stereocenters. The maximum Gasteiger partial charge on any atom is 0.416 e. The molecule has 0 bridgehead atoms. The molecule has 1 aromatic rings. The van der Waals surface area contributed by atoms with Crippen LogP contribution in [-0.4, -0.2) is 37.0 Å². The fraction of sp³-hybridized carbons (Fsp3) is 0.333. The van der Waals surface area contributed by atoms with Crippen molar-refractivity contribution in [1.29, 1.82) is 0 Å². The summed E-state index contributed by atoms with van der Waals surface area (Å²) < 4.78 is 37.6. The van der Waals surface area contributed by atoms with Gasteiger partial charge in [0.1, 0.15) is 6.61 Å². The van der Waals surface area contributed by atoms with E-state index in [2.05, 4.69) is 10.6 Å². The molecule has 1 amide bonds. The van der Waals surface area contributed by atoms with E-state index >= 15 is 0 Å². The van der Waals surface area contributed by atoms with Gasteiger partial charge in [-0.25, -0.2) is 0 Å². The highest BCUT2D eigenvalue weighted by atomic mass is 19.4. The molecular weight excluding hydrogens is 277 g/mol. The number of aliphatic hydroxyl groups is 1. The molecule has 0 aliphatic heterocycles. The molecule has 0 saturated carbocycles. The Kier molecular flexibility index (Phi) is 5.51. The van der Waals surface area contributed by atoms with Crippen LogP contribution in [0.2, 0.25) is 0 Å². The zero-order chi connectivity index (χ0) is 15.2. The number of aldehydes is 1. The van der Waals surface area contributed by atoms with E-state index in [0.717, 1.165) is 18.2 Å². The quantitative estimate of drug-likeness (QED) is 0.540. The standard InChI is InChI=1S/C12H13F3N2O3/c13-12(14,15)9-2-1-8(6-18)10(5-9)16-3-4-17-11(20)7-19/h1-2,5-6,16,19H,3-4,7H2,(H,17,20). The number of anilines is 1. The topological polar surface area (TPSA) is 78.4 Å². The summed E-state index contributed by atoms with van der Waals surface area (Å²) >= 11 is 0. The number of hydrogen-bond donors (Lipinski definition) is 3. The number of hydrogen-bond acceptors (Lipinski definition) is 4. The summed E-state index contributed by atoms with van der Waals surface area (Å²) in [6.07, 6.45) is -4.06. The van der Waals surface area contributed by atoms with Gasteiger partial charge in [0.25, 0.3) is 0 Å². The van der Waals surface area contributed by atoms with Crippen LogP contribution in [0.15, 0.2) is 18.2 Å². The third kappa shape index (κ3) is 4.54. The zero-order valence-electron chi connectivity index (χ0n) is 10.3. The van der Waals surface area contributed by atoms with Crippen LogP contribution in [0.25, 0.3) is 0 Å². The van der Waals surface area contributed by atoms with Crippen molar-refractivity contribution in [1.82, 2.24) is 5.32 Å². The fourth-order valence-corrected chi connectivity index (χ4v) is 1.44. The fourth-order valence-electron chi connectivity index (χ4n) is 1.44. The highest BCUT2D eigenvalue weighted by Gasteiger charge is 2.30. The molecule has 1 rings (SSSR count). The summed E-state index contributed by atoms with van der Waals surface area (Å²) in [7, 11) is 0. The Morgan fingerprint density at radius 3 is 2.55 bits per heavy atom. The van der Waals surface area contributed by atoms with Gasteiger partial charge in [-0.2, -0.15) is 13.2 Å². The lowest BCUT2D eigenvalue weighted by atomic mass is 10.1. The van der Waals surface area contributed by atoms with Crippen molar-refractivity contribution in [3.63, 3.8) is 0 Å². The molecular formula is C12H13F3N2O3. The molecule has 0 aliphatic rings. The Labute approximate surface area is 112 Å². The Balaban J connectivity index is 2.72. The van der Waals surface area contributed by atoms with Crippen LogP contribution < -0.4 is 10.6 Å². The van der Waals surface area contributed by atoms with Gasteiger partial charge in [-0.3, -0.25) is 9.59 Å². The molecule has 0 aliphatic carbocycles. The van der Waals surface area contributed by atoms with E-state index in [1.54, 1.807) is 0 Å². The number of carbonyl (C=O) groups excluding carboxylic acids is 2. The normalized spacial score (nSPS) is 11.0. The van der Waals surface area contributed by atoms with Gasteiger partial charge >= 0.3 is 6.18 Å². The second-order valence-corrected chi connectivity index (χ2v) is 3.85. The summed E-state index contributed by atoms with van der Waals surface area (Å²) in [5, 5.41) is 13.4. The minimum absolute atomic E-state index is 0.0353. The van der Waals surface area contributed by atoms with E-state index in [9.17, 15) is 22.8 Å². The van der Waals surface area contributed by atoms with E-state index in [1.807, 2.05) is 0 Å². The second-order valence-electron chi connectivity index (χ2n) is 3.85. The largest absolute Gasteiger partial charge is 0.416 e. The van der Waals surface area contributed by atoms with Gasteiger partial charge < -0.3 is 15.7 Å². The number of amides is 1. The molecule has 0 fully saturated rings. The molecule has 110 valence electrons. The van der Waals surface area contributed by atoms with Crippen LogP contribution in [-0.2, 0) is 11.0 Å². The predicted octanol–water partition coefficient (Wildman–Crippen LogP) is 1.04. The third-order valence-corrected chi connectivity index (χ3v) is 2.41. The molecule has 0 heterocycles. The summed E-state index contributed by atoms with van der Waals surface area (Å²) in [5.41, 5.74) is -0.746. The van der Waals surface area contributed by atoms with Gasteiger partial charge in [0.2, 0.25) is 5.91 Å². The summed E-state index contributed by atoms with van der Waals surface area (Å²) in [6, 6.07) is 2.73. The molecule has 20 heavy (non-hydrogen) atoms. The van der Waals surface area contributed by atoms with Crippen LogP contribution >= 0.6 is 0 Å². The van der Waals surface area contributed by atoms with Crippen molar-refractivity contribution in [3.8, 4) is 0 Å². The lowest BCUT2D eigenvalue weighted by molar-refractivity contribution is -0.137. The molecule has 0 saturated heterocycles. The first-order valence-corrected chi connectivity index (χ1v) is 5.66. The summed E-state index contributed by atoms with van der Waals surface area (Å²) in [4.78, 5) is 21.5. The number of carbonyl (C=O) groups is 2. The van der Waals surface area contributed by atoms with Crippen molar-refractivity contribution >= 4 is 17.9 Å². The smallest absolute Gasteiger partial charge is 0.387 e. The third-order valence-electron chi connectivity index (χ3n) is 2.41. The maximum absolute atomic E-state index is 12.5. The first-order valence-electron chi connectivity index (χ1n) is 5.66. The van der Waals surface area contributed by atoms with Crippen LogP contribution in [0, 0.1) is 0 Å². The highest BCUT2D eigenvalue weighted by Crippen LogP contribution is 2.31. The van der Waals surface area contributed by atoms with E-state index in [4.69, 9.17) is 5.11 Å².